The number of para-hydroxylation sites is 2. The number of nitrogens with one attached hydrogen (secondary N) is 1. The fourth-order valence-corrected chi connectivity index (χ4v) is 2.03. The van der Waals surface area contributed by atoms with Crippen molar-refractivity contribution in [3.05, 3.63) is 30.1 Å². The van der Waals surface area contributed by atoms with Crippen LogP contribution in [0.1, 0.15) is 19.2 Å². The Labute approximate surface area is 112 Å². The van der Waals surface area contributed by atoms with Crippen molar-refractivity contribution in [2.75, 3.05) is 6.54 Å². The van der Waals surface area contributed by atoms with Crippen molar-refractivity contribution in [1.29, 1.82) is 0 Å². The zero-order valence-corrected chi connectivity index (χ0v) is 11.4. The first-order chi connectivity index (χ1) is 9.13. The van der Waals surface area contributed by atoms with E-state index in [9.17, 15) is 4.79 Å². The second kappa shape index (κ2) is 5.84. The molecule has 0 unspecified atom stereocenters. The molecule has 3 N–H and O–H groups in total. The monoisotopic (exact) mass is 260 g/mol. The fourth-order valence-electron chi connectivity index (χ4n) is 2.03. The van der Waals surface area contributed by atoms with Gasteiger partial charge < -0.3 is 15.6 Å². The Morgan fingerprint density at radius 2 is 2.21 bits per heavy atom. The van der Waals surface area contributed by atoms with Crippen molar-refractivity contribution in [3.8, 4) is 0 Å². The normalized spacial score (nSPS) is 12.6. The van der Waals surface area contributed by atoms with E-state index in [1.807, 2.05) is 38.2 Å². The molecule has 0 aliphatic rings. The number of aryl methyl sites for hydroxylation is 1. The minimum absolute atomic E-state index is 0.0961. The number of rotatable bonds is 5. The highest BCUT2D eigenvalue weighted by Gasteiger charge is 2.11. The smallest absolute Gasteiger partial charge is 0.236 e. The molecule has 0 saturated carbocycles. The van der Waals surface area contributed by atoms with Crippen molar-refractivity contribution in [2.45, 2.75) is 25.8 Å². The number of hydrogen-bond donors (Lipinski definition) is 2. The van der Waals surface area contributed by atoms with Crippen LogP contribution in [0.15, 0.2) is 24.3 Å². The quantitative estimate of drug-likeness (QED) is 0.841. The van der Waals surface area contributed by atoms with E-state index < -0.39 is 6.04 Å². The molecule has 5 heteroatoms. The SMILES string of the molecule is CC[C@H](N)C(=O)NCCc1nc2ccccc2n1C. The third-order valence-electron chi connectivity index (χ3n) is 3.30. The Morgan fingerprint density at radius 1 is 1.47 bits per heavy atom. The van der Waals surface area contributed by atoms with Crippen LogP contribution in [0.2, 0.25) is 0 Å². The van der Waals surface area contributed by atoms with Crippen molar-refractivity contribution < 1.29 is 4.79 Å². The van der Waals surface area contributed by atoms with Gasteiger partial charge in [-0.05, 0) is 18.6 Å². The third-order valence-corrected chi connectivity index (χ3v) is 3.30. The van der Waals surface area contributed by atoms with E-state index >= 15 is 0 Å². The molecule has 102 valence electrons. The predicted molar refractivity (Wildman–Crippen MR) is 75.7 cm³/mol. The summed E-state index contributed by atoms with van der Waals surface area (Å²) in [7, 11) is 1.99. The van der Waals surface area contributed by atoms with Crippen LogP contribution < -0.4 is 11.1 Å². The highest BCUT2D eigenvalue weighted by atomic mass is 16.2. The van der Waals surface area contributed by atoms with Gasteiger partial charge in [-0.2, -0.15) is 0 Å². The zero-order valence-electron chi connectivity index (χ0n) is 11.4. The highest BCUT2D eigenvalue weighted by Crippen LogP contribution is 2.14. The molecular formula is C14H20N4O. The Hall–Kier alpha value is -1.88. The largest absolute Gasteiger partial charge is 0.354 e. The van der Waals surface area contributed by atoms with Crippen LogP contribution in [0.5, 0.6) is 0 Å². The van der Waals surface area contributed by atoms with Crippen LogP contribution in [0, 0.1) is 0 Å². The van der Waals surface area contributed by atoms with E-state index in [0.717, 1.165) is 16.9 Å². The van der Waals surface area contributed by atoms with Gasteiger partial charge in [0.25, 0.3) is 0 Å². The Bertz CT molecular complexity index is 576. The number of hydrogen-bond acceptors (Lipinski definition) is 3. The van der Waals surface area contributed by atoms with E-state index in [1.165, 1.54) is 0 Å². The average Bonchev–Trinajstić information content (AvgIpc) is 2.75. The molecule has 0 bridgehead atoms. The molecule has 0 fully saturated rings. The molecule has 2 aromatic rings. The maximum absolute atomic E-state index is 11.6. The van der Waals surface area contributed by atoms with Gasteiger partial charge in [-0.3, -0.25) is 4.79 Å². The molecule has 0 aliphatic heterocycles. The van der Waals surface area contributed by atoms with Crippen molar-refractivity contribution in [2.24, 2.45) is 12.8 Å². The number of nitrogens with zero attached hydrogens (tertiary/aromatic N) is 2. The van der Waals surface area contributed by atoms with Gasteiger partial charge >= 0.3 is 0 Å². The van der Waals surface area contributed by atoms with Gasteiger partial charge in [0.15, 0.2) is 0 Å². The highest BCUT2D eigenvalue weighted by molar-refractivity contribution is 5.81. The molecule has 1 aromatic carbocycles. The van der Waals surface area contributed by atoms with E-state index in [0.29, 0.717) is 19.4 Å². The zero-order chi connectivity index (χ0) is 13.8. The topological polar surface area (TPSA) is 72.9 Å². The second-order valence-electron chi connectivity index (χ2n) is 4.63. The molecular weight excluding hydrogens is 240 g/mol. The molecule has 5 nitrogen and oxygen atoms in total. The summed E-state index contributed by atoms with van der Waals surface area (Å²) in [4.78, 5) is 16.1. The van der Waals surface area contributed by atoms with Gasteiger partial charge in [-0.15, -0.1) is 0 Å². The maximum atomic E-state index is 11.6. The summed E-state index contributed by atoms with van der Waals surface area (Å²) < 4.78 is 2.06. The van der Waals surface area contributed by atoms with Crippen molar-refractivity contribution in [3.63, 3.8) is 0 Å². The summed E-state index contributed by atoms with van der Waals surface area (Å²) >= 11 is 0. The summed E-state index contributed by atoms with van der Waals surface area (Å²) in [5, 5.41) is 2.84. The summed E-state index contributed by atoms with van der Waals surface area (Å²) in [5.41, 5.74) is 7.74. The molecule has 0 saturated heterocycles. The van der Waals surface area contributed by atoms with Crippen LogP contribution in [0.3, 0.4) is 0 Å². The molecule has 19 heavy (non-hydrogen) atoms. The molecule has 1 heterocycles. The lowest BCUT2D eigenvalue weighted by atomic mass is 10.2. The average molecular weight is 260 g/mol. The summed E-state index contributed by atoms with van der Waals surface area (Å²) in [5.74, 6) is 0.868. The first-order valence-corrected chi connectivity index (χ1v) is 6.57. The van der Waals surface area contributed by atoms with Gasteiger partial charge in [0.05, 0.1) is 17.1 Å². The van der Waals surface area contributed by atoms with Crippen LogP contribution in [-0.4, -0.2) is 28.0 Å². The van der Waals surface area contributed by atoms with Crippen molar-refractivity contribution in [1.82, 2.24) is 14.9 Å². The lowest BCUT2D eigenvalue weighted by molar-refractivity contribution is -0.122. The van der Waals surface area contributed by atoms with E-state index in [4.69, 9.17) is 5.73 Å². The van der Waals surface area contributed by atoms with Crippen LogP contribution in [0.4, 0.5) is 0 Å². The number of aromatic nitrogens is 2. The molecule has 0 radical (unpaired) electrons. The number of carbonyl (C=O) groups excluding carboxylic acids is 1. The Kier molecular flexibility index (Phi) is 4.16. The Balaban J connectivity index is 1.99. The number of fused-ring (bicyclic) bond motifs is 1. The predicted octanol–water partition coefficient (Wildman–Crippen LogP) is 0.969. The fraction of sp³-hybridized carbons (Fsp3) is 0.429. The van der Waals surface area contributed by atoms with Gasteiger partial charge in [-0.1, -0.05) is 19.1 Å². The number of benzene rings is 1. The van der Waals surface area contributed by atoms with E-state index in [1.54, 1.807) is 0 Å². The van der Waals surface area contributed by atoms with E-state index in [-0.39, 0.29) is 5.91 Å². The summed E-state index contributed by atoms with van der Waals surface area (Å²) in [6, 6.07) is 7.58. The first-order valence-electron chi connectivity index (χ1n) is 6.57. The lowest BCUT2D eigenvalue weighted by Gasteiger charge is -2.09. The summed E-state index contributed by atoms with van der Waals surface area (Å²) in [6.45, 7) is 2.46. The molecule has 2 rings (SSSR count). The van der Waals surface area contributed by atoms with Gasteiger partial charge in [0.2, 0.25) is 5.91 Å². The summed E-state index contributed by atoms with van der Waals surface area (Å²) in [6.07, 6.45) is 1.35. The molecule has 0 aliphatic carbocycles. The molecule has 1 aromatic heterocycles. The standard InChI is InChI=1S/C14H20N4O/c1-3-10(15)14(19)16-9-8-13-17-11-6-4-5-7-12(11)18(13)2/h4-7,10H,3,8-9,15H2,1-2H3,(H,16,19)/t10-/m0/s1. The van der Waals surface area contributed by atoms with Crippen molar-refractivity contribution >= 4 is 16.9 Å². The Morgan fingerprint density at radius 3 is 2.89 bits per heavy atom. The van der Waals surface area contributed by atoms with Crippen LogP contribution in [-0.2, 0) is 18.3 Å². The number of carbonyl (C=O) groups is 1. The minimum atomic E-state index is -0.416. The molecule has 1 amide bonds. The van der Waals surface area contributed by atoms with Crippen LogP contribution >= 0.6 is 0 Å². The number of amides is 1. The maximum Gasteiger partial charge on any atom is 0.236 e. The number of imidazole rings is 1. The lowest BCUT2D eigenvalue weighted by Crippen LogP contribution is -2.40. The minimum Gasteiger partial charge on any atom is -0.354 e. The van der Waals surface area contributed by atoms with E-state index in [2.05, 4.69) is 14.9 Å². The van der Waals surface area contributed by atoms with Gasteiger partial charge in [0.1, 0.15) is 5.82 Å². The number of nitrogens with two attached hydrogens (primary N) is 1. The molecule has 1 atom stereocenters. The third kappa shape index (κ3) is 2.93. The van der Waals surface area contributed by atoms with Crippen LogP contribution in [0.25, 0.3) is 11.0 Å². The second-order valence-corrected chi connectivity index (χ2v) is 4.63. The van der Waals surface area contributed by atoms with Gasteiger partial charge in [-0.25, -0.2) is 4.98 Å². The first kappa shape index (κ1) is 13.5. The molecule has 0 spiro atoms. The van der Waals surface area contributed by atoms with Gasteiger partial charge in [0, 0.05) is 20.0 Å².